The summed E-state index contributed by atoms with van der Waals surface area (Å²) in [6, 6.07) is 0. The number of ether oxygens (including phenoxy) is 1. The number of nitrogen functional groups attached to an aromatic ring is 1. The molecule has 5 nitrogen and oxygen atoms in total. The zero-order chi connectivity index (χ0) is 10.4. The summed E-state index contributed by atoms with van der Waals surface area (Å²) in [5, 5.41) is 0. The minimum Gasteiger partial charge on any atom is -0.478 e. The molecule has 5 heteroatoms. The van der Waals surface area contributed by atoms with E-state index in [2.05, 4.69) is 21.8 Å². The Morgan fingerprint density at radius 2 is 2.50 bits per heavy atom. The lowest BCUT2D eigenvalue weighted by Gasteiger charge is -2.00. The Labute approximate surface area is 81.3 Å². The van der Waals surface area contributed by atoms with E-state index in [0.717, 1.165) is 6.29 Å². The molecule has 0 saturated carbocycles. The summed E-state index contributed by atoms with van der Waals surface area (Å²) in [6.07, 6.45) is 2.32. The Morgan fingerprint density at radius 3 is 3.14 bits per heavy atom. The number of anilines is 1. The van der Waals surface area contributed by atoms with Crippen LogP contribution >= 0.6 is 0 Å². The third-order valence-corrected chi connectivity index (χ3v) is 1.36. The number of nitrogens with two attached hydrogens (primary N) is 1. The molecular weight excluding hydrogens is 182 g/mol. The van der Waals surface area contributed by atoms with Crippen molar-refractivity contribution in [1.82, 2.24) is 9.97 Å². The van der Waals surface area contributed by atoms with E-state index in [9.17, 15) is 4.79 Å². The first-order chi connectivity index (χ1) is 6.77. The highest BCUT2D eigenvalue weighted by molar-refractivity contribution is 5.54. The Balaban J connectivity index is 2.91. The van der Waals surface area contributed by atoms with Gasteiger partial charge in [0.2, 0.25) is 0 Å². The van der Waals surface area contributed by atoms with E-state index in [4.69, 9.17) is 10.5 Å². The van der Waals surface area contributed by atoms with Crippen molar-refractivity contribution in [3.05, 3.63) is 11.9 Å². The van der Waals surface area contributed by atoms with Gasteiger partial charge in [0.25, 0.3) is 5.88 Å². The van der Waals surface area contributed by atoms with Gasteiger partial charge < -0.3 is 15.3 Å². The second-order valence-electron chi connectivity index (χ2n) is 2.32. The van der Waals surface area contributed by atoms with Gasteiger partial charge in [-0.05, 0) is 5.92 Å². The maximum absolute atomic E-state index is 9.99. The van der Waals surface area contributed by atoms with Crippen LogP contribution in [0.3, 0.4) is 0 Å². The number of rotatable bonds is 2. The van der Waals surface area contributed by atoms with Gasteiger partial charge in [0.1, 0.15) is 12.0 Å². The highest BCUT2D eigenvalue weighted by Gasteiger charge is 2.01. The average molecular weight is 191 g/mol. The number of nitrogens with zero attached hydrogens (tertiary/aromatic N) is 2. The van der Waals surface area contributed by atoms with Crippen LogP contribution in [0.25, 0.3) is 0 Å². The molecule has 0 aromatic carbocycles. The zero-order valence-electron chi connectivity index (χ0n) is 7.65. The standard InChI is InChI=1S/C9H9N3O2/c1-14-9-8(10)11-6-7(12-9)4-2-3-5-13/h5-6H,3H2,1H3,(H2,10,11). The highest BCUT2D eigenvalue weighted by Crippen LogP contribution is 2.13. The molecule has 14 heavy (non-hydrogen) atoms. The Bertz CT molecular complexity index is 393. The fourth-order valence-electron chi connectivity index (χ4n) is 0.775. The molecule has 0 aliphatic carbocycles. The molecule has 2 N–H and O–H groups in total. The van der Waals surface area contributed by atoms with E-state index in [-0.39, 0.29) is 18.1 Å². The summed E-state index contributed by atoms with van der Waals surface area (Å²) >= 11 is 0. The lowest BCUT2D eigenvalue weighted by Crippen LogP contribution is -1.99. The molecule has 0 saturated heterocycles. The number of aldehydes is 1. The van der Waals surface area contributed by atoms with E-state index in [0.29, 0.717) is 5.69 Å². The minimum absolute atomic E-state index is 0.175. The van der Waals surface area contributed by atoms with Crippen LogP contribution in [0.2, 0.25) is 0 Å². The molecule has 1 heterocycles. The summed E-state index contributed by atoms with van der Waals surface area (Å²) in [5.41, 5.74) is 5.88. The van der Waals surface area contributed by atoms with Gasteiger partial charge >= 0.3 is 0 Å². The van der Waals surface area contributed by atoms with Gasteiger partial charge in [-0.1, -0.05) is 5.92 Å². The summed E-state index contributed by atoms with van der Waals surface area (Å²) < 4.78 is 4.86. The summed E-state index contributed by atoms with van der Waals surface area (Å²) in [7, 11) is 1.45. The Kier molecular flexibility index (Phi) is 3.44. The van der Waals surface area contributed by atoms with Crippen LogP contribution in [0.5, 0.6) is 5.88 Å². The van der Waals surface area contributed by atoms with Crippen molar-refractivity contribution < 1.29 is 9.53 Å². The van der Waals surface area contributed by atoms with Crippen LogP contribution in [-0.2, 0) is 4.79 Å². The average Bonchev–Trinajstić information content (AvgIpc) is 2.21. The van der Waals surface area contributed by atoms with Gasteiger partial charge in [0.15, 0.2) is 5.82 Å². The number of carbonyl (C=O) groups excluding carboxylic acids is 1. The third kappa shape index (κ3) is 2.45. The molecule has 0 bridgehead atoms. The van der Waals surface area contributed by atoms with Crippen LogP contribution in [-0.4, -0.2) is 23.4 Å². The predicted octanol–water partition coefficient (Wildman–Crippen LogP) is 0.00790. The third-order valence-electron chi connectivity index (χ3n) is 1.36. The van der Waals surface area contributed by atoms with Gasteiger partial charge in [0.05, 0.1) is 19.7 Å². The maximum Gasteiger partial charge on any atom is 0.258 e. The molecule has 0 aliphatic heterocycles. The first kappa shape index (κ1) is 9.99. The topological polar surface area (TPSA) is 78.1 Å². The molecule has 0 fully saturated rings. The van der Waals surface area contributed by atoms with Gasteiger partial charge in [-0.15, -0.1) is 0 Å². The lowest BCUT2D eigenvalue weighted by molar-refractivity contribution is -0.107. The Hall–Kier alpha value is -2.09. The minimum atomic E-state index is 0.175. The molecule has 72 valence electrons. The SMILES string of the molecule is COc1nc(C#CCC=O)cnc1N. The highest BCUT2D eigenvalue weighted by atomic mass is 16.5. The first-order valence-electron chi connectivity index (χ1n) is 3.87. The maximum atomic E-state index is 9.99. The van der Waals surface area contributed by atoms with Crippen molar-refractivity contribution in [3.63, 3.8) is 0 Å². The number of hydrogen-bond donors (Lipinski definition) is 1. The normalized spacial score (nSPS) is 8.64. The van der Waals surface area contributed by atoms with Gasteiger partial charge in [-0.2, -0.15) is 4.98 Å². The van der Waals surface area contributed by atoms with E-state index >= 15 is 0 Å². The predicted molar refractivity (Wildman–Crippen MR) is 50.6 cm³/mol. The van der Waals surface area contributed by atoms with Crippen molar-refractivity contribution in [3.8, 4) is 17.7 Å². The number of aromatic nitrogens is 2. The fourth-order valence-corrected chi connectivity index (χ4v) is 0.775. The lowest BCUT2D eigenvalue weighted by atomic mass is 10.4. The van der Waals surface area contributed by atoms with Gasteiger partial charge in [-0.25, -0.2) is 4.98 Å². The van der Waals surface area contributed by atoms with E-state index in [1.165, 1.54) is 13.3 Å². The number of carbonyl (C=O) groups is 1. The van der Waals surface area contributed by atoms with Crippen molar-refractivity contribution in [2.75, 3.05) is 12.8 Å². The molecule has 0 amide bonds. The summed E-state index contributed by atoms with van der Waals surface area (Å²) in [4.78, 5) is 17.8. The number of hydrogen-bond acceptors (Lipinski definition) is 5. The molecule has 1 rings (SSSR count). The van der Waals surface area contributed by atoms with E-state index in [1.807, 2.05) is 0 Å². The zero-order valence-corrected chi connectivity index (χ0v) is 7.65. The second kappa shape index (κ2) is 4.82. The van der Waals surface area contributed by atoms with Crippen molar-refractivity contribution in [1.29, 1.82) is 0 Å². The van der Waals surface area contributed by atoms with Crippen LogP contribution < -0.4 is 10.5 Å². The smallest absolute Gasteiger partial charge is 0.258 e. The summed E-state index contributed by atoms with van der Waals surface area (Å²) in [6.45, 7) is 0. The first-order valence-corrected chi connectivity index (χ1v) is 3.87. The van der Waals surface area contributed by atoms with Crippen molar-refractivity contribution in [2.45, 2.75) is 6.42 Å². The molecule has 1 aromatic heterocycles. The molecule has 0 unspecified atom stereocenters. The molecule has 1 aromatic rings. The molecule has 0 atom stereocenters. The quantitative estimate of drug-likeness (QED) is 0.526. The number of methoxy groups -OCH3 is 1. The molecular formula is C9H9N3O2. The molecule has 0 radical (unpaired) electrons. The van der Waals surface area contributed by atoms with E-state index < -0.39 is 0 Å². The van der Waals surface area contributed by atoms with Crippen LogP contribution in [0.15, 0.2) is 6.20 Å². The second-order valence-corrected chi connectivity index (χ2v) is 2.32. The molecule has 0 spiro atoms. The monoisotopic (exact) mass is 191 g/mol. The van der Waals surface area contributed by atoms with Crippen molar-refractivity contribution in [2.24, 2.45) is 0 Å². The molecule has 0 aliphatic rings. The van der Waals surface area contributed by atoms with Crippen LogP contribution in [0, 0.1) is 11.8 Å². The van der Waals surface area contributed by atoms with Crippen molar-refractivity contribution >= 4 is 12.1 Å². The van der Waals surface area contributed by atoms with Gasteiger partial charge in [-0.3, -0.25) is 0 Å². The Morgan fingerprint density at radius 1 is 1.71 bits per heavy atom. The van der Waals surface area contributed by atoms with Gasteiger partial charge in [0, 0.05) is 0 Å². The van der Waals surface area contributed by atoms with E-state index in [1.54, 1.807) is 0 Å². The largest absolute Gasteiger partial charge is 0.478 e. The van der Waals surface area contributed by atoms with Crippen LogP contribution in [0.4, 0.5) is 5.82 Å². The summed E-state index contributed by atoms with van der Waals surface area (Å²) in [5.74, 6) is 5.72. The van der Waals surface area contributed by atoms with Crippen LogP contribution in [0.1, 0.15) is 12.1 Å². The fraction of sp³-hybridized carbons (Fsp3) is 0.222.